The molecule has 0 fully saturated rings. The first-order valence-corrected chi connectivity index (χ1v) is 14.3. The van der Waals surface area contributed by atoms with E-state index in [0.717, 1.165) is 34.2 Å². The predicted octanol–water partition coefficient (Wildman–Crippen LogP) is 7.01. The lowest BCUT2D eigenvalue weighted by Gasteiger charge is -2.23. The Morgan fingerprint density at radius 3 is 2.56 bits per heavy atom. The molecule has 0 unspecified atom stereocenters. The van der Waals surface area contributed by atoms with Gasteiger partial charge in [0.1, 0.15) is 5.60 Å². The van der Waals surface area contributed by atoms with Crippen molar-refractivity contribution in [3.8, 4) is 45.1 Å². The number of ether oxygens (including phenoxy) is 2. The van der Waals surface area contributed by atoms with Gasteiger partial charge in [0.25, 0.3) is 0 Å². The van der Waals surface area contributed by atoms with Gasteiger partial charge in [-0.1, -0.05) is 18.2 Å². The van der Waals surface area contributed by atoms with Gasteiger partial charge in [-0.2, -0.15) is 0 Å². The van der Waals surface area contributed by atoms with Crippen LogP contribution in [0.15, 0.2) is 54.9 Å². The van der Waals surface area contributed by atoms with Crippen molar-refractivity contribution in [2.75, 3.05) is 6.61 Å². The Kier molecular flexibility index (Phi) is 7.12. The molecule has 2 aromatic carbocycles. The van der Waals surface area contributed by atoms with Crippen LogP contribution in [-0.4, -0.2) is 42.9 Å². The summed E-state index contributed by atoms with van der Waals surface area (Å²) in [5, 5.41) is 14.8. The fourth-order valence-corrected chi connectivity index (χ4v) is 5.73. The number of rotatable bonds is 6. The van der Waals surface area contributed by atoms with Gasteiger partial charge in [-0.15, -0.1) is 5.10 Å². The molecule has 1 aliphatic heterocycles. The van der Waals surface area contributed by atoms with Crippen LogP contribution in [-0.2, 0) is 17.6 Å². The van der Waals surface area contributed by atoms with Gasteiger partial charge in [-0.3, -0.25) is 9.78 Å². The molecule has 0 aliphatic carbocycles. The zero-order chi connectivity index (χ0) is 30.5. The summed E-state index contributed by atoms with van der Waals surface area (Å²) in [6.07, 6.45) is 4.63. The van der Waals surface area contributed by atoms with Crippen LogP contribution in [0.4, 0.5) is 4.39 Å². The second-order valence-corrected chi connectivity index (χ2v) is 11.8. The number of carboxylic acid groups (broad SMARTS) is 1. The molecule has 220 valence electrons. The van der Waals surface area contributed by atoms with Crippen LogP contribution in [0.5, 0.6) is 11.6 Å². The van der Waals surface area contributed by atoms with E-state index in [1.165, 1.54) is 6.07 Å². The van der Waals surface area contributed by atoms with Crippen LogP contribution >= 0.6 is 0 Å². The molecular formula is C34H33FN4O4. The van der Waals surface area contributed by atoms with Crippen molar-refractivity contribution in [2.45, 2.75) is 59.5 Å². The molecule has 4 heterocycles. The number of benzene rings is 2. The minimum atomic E-state index is -1.02. The summed E-state index contributed by atoms with van der Waals surface area (Å²) >= 11 is 0. The van der Waals surface area contributed by atoms with Gasteiger partial charge in [0.2, 0.25) is 5.88 Å². The second kappa shape index (κ2) is 10.8. The number of hydrogen-bond donors (Lipinski definition) is 1. The third kappa shape index (κ3) is 5.31. The van der Waals surface area contributed by atoms with Crippen molar-refractivity contribution < 1.29 is 23.8 Å². The largest absolute Gasteiger partial charge is 0.490 e. The zero-order valence-corrected chi connectivity index (χ0v) is 24.9. The first kappa shape index (κ1) is 28.3. The number of pyridine rings is 1. The van der Waals surface area contributed by atoms with E-state index in [2.05, 4.69) is 4.98 Å². The Bertz CT molecular complexity index is 1880. The van der Waals surface area contributed by atoms with E-state index in [0.29, 0.717) is 52.6 Å². The van der Waals surface area contributed by atoms with Crippen molar-refractivity contribution in [1.82, 2.24) is 19.6 Å². The van der Waals surface area contributed by atoms with Crippen LogP contribution in [0, 0.1) is 19.7 Å². The van der Waals surface area contributed by atoms with Gasteiger partial charge in [-0.25, -0.2) is 13.9 Å². The Labute approximate surface area is 249 Å². The average molecular weight is 581 g/mol. The number of carboxylic acids is 1. The highest BCUT2D eigenvalue weighted by Gasteiger charge is 2.29. The second-order valence-electron chi connectivity index (χ2n) is 11.8. The van der Waals surface area contributed by atoms with E-state index >= 15 is 4.39 Å². The van der Waals surface area contributed by atoms with E-state index in [-0.39, 0.29) is 12.2 Å². The van der Waals surface area contributed by atoms with E-state index < -0.39 is 17.4 Å². The minimum absolute atomic E-state index is 0.264. The first-order chi connectivity index (χ1) is 20.5. The molecule has 0 bridgehead atoms. The number of fused-ring (bicyclic) bond motifs is 2. The Morgan fingerprint density at radius 2 is 1.84 bits per heavy atom. The molecule has 0 amide bonds. The number of aliphatic carboxylic acids is 1. The quantitative estimate of drug-likeness (QED) is 0.231. The Balaban J connectivity index is 1.69. The third-order valence-electron chi connectivity index (χ3n) is 7.62. The maximum absolute atomic E-state index is 15.6. The topological polar surface area (TPSA) is 98.8 Å². The van der Waals surface area contributed by atoms with Gasteiger partial charge < -0.3 is 14.6 Å². The monoisotopic (exact) mass is 580 g/mol. The number of carbonyl (C=O) groups is 1. The first-order valence-electron chi connectivity index (χ1n) is 14.3. The van der Waals surface area contributed by atoms with Gasteiger partial charge >= 0.3 is 5.97 Å². The minimum Gasteiger partial charge on any atom is -0.490 e. The average Bonchev–Trinajstić information content (AvgIpc) is 3.31. The van der Waals surface area contributed by atoms with Crippen LogP contribution < -0.4 is 9.47 Å². The van der Waals surface area contributed by atoms with Crippen LogP contribution in [0.25, 0.3) is 39.2 Å². The number of hydrogen-bond acceptors (Lipinski definition) is 6. The molecular weight excluding hydrogens is 547 g/mol. The molecule has 3 aromatic heterocycles. The molecule has 0 saturated heterocycles. The van der Waals surface area contributed by atoms with Gasteiger partial charge in [0, 0.05) is 34.8 Å². The molecule has 1 N–H and O–H groups in total. The van der Waals surface area contributed by atoms with Gasteiger partial charge in [0.15, 0.2) is 17.2 Å². The Morgan fingerprint density at radius 1 is 1.09 bits per heavy atom. The fourth-order valence-electron chi connectivity index (χ4n) is 5.73. The summed E-state index contributed by atoms with van der Waals surface area (Å²) in [6.45, 7) is 9.97. The lowest BCUT2D eigenvalue weighted by molar-refractivity contribution is -0.136. The smallest absolute Gasteiger partial charge is 0.307 e. The summed E-state index contributed by atoms with van der Waals surface area (Å²) in [5.41, 5.74) is 6.98. The number of aromatic nitrogens is 4. The van der Waals surface area contributed by atoms with Crippen molar-refractivity contribution in [3.63, 3.8) is 0 Å². The molecule has 5 aromatic rings. The molecule has 6 rings (SSSR count). The molecule has 43 heavy (non-hydrogen) atoms. The zero-order valence-electron chi connectivity index (χ0n) is 24.9. The molecule has 1 aliphatic rings. The maximum atomic E-state index is 15.6. The normalized spacial score (nSPS) is 13.1. The molecule has 0 radical (unpaired) electrons. The van der Waals surface area contributed by atoms with Crippen molar-refractivity contribution in [3.05, 3.63) is 83.1 Å². The number of nitrogens with zero attached hydrogens (tertiary/aromatic N) is 4. The molecule has 9 heteroatoms. The summed E-state index contributed by atoms with van der Waals surface area (Å²) in [5.74, 6) is -0.893. The summed E-state index contributed by atoms with van der Waals surface area (Å²) in [6, 6.07) is 13.3. The summed E-state index contributed by atoms with van der Waals surface area (Å²) in [7, 11) is 0. The van der Waals surface area contributed by atoms with E-state index in [1.54, 1.807) is 23.8 Å². The maximum Gasteiger partial charge on any atom is 0.307 e. The summed E-state index contributed by atoms with van der Waals surface area (Å²) < 4.78 is 29.3. The van der Waals surface area contributed by atoms with E-state index in [1.807, 2.05) is 64.1 Å². The third-order valence-corrected chi connectivity index (χ3v) is 7.62. The molecule has 8 nitrogen and oxygen atoms in total. The number of halogens is 1. The highest BCUT2D eigenvalue weighted by molar-refractivity contribution is 5.88. The molecule has 0 saturated carbocycles. The van der Waals surface area contributed by atoms with Crippen molar-refractivity contribution >= 4 is 11.6 Å². The van der Waals surface area contributed by atoms with E-state index in [4.69, 9.17) is 19.6 Å². The van der Waals surface area contributed by atoms with Crippen LogP contribution in [0.1, 0.15) is 49.6 Å². The predicted molar refractivity (Wildman–Crippen MR) is 162 cm³/mol. The van der Waals surface area contributed by atoms with Crippen LogP contribution in [0.3, 0.4) is 0 Å². The Hall–Kier alpha value is -4.79. The van der Waals surface area contributed by atoms with Gasteiger partial charge in [-0.05, 0) is 94.0 Å². The summed E-state index contributed by atoms with van der Waals surface area (Å²) in [4.78, 5) is 21.1. The van der Waals surface area contributed by atoms with Crippen molar-refractivity contribution in [2.24, 2.45) is 0 Å². The fraction of sp³-hybridized carbons (Fsp3) is 0.294. The lowest BCUT2D eigenvalue weighted by atomic mass is 9.91. The van der Waals surface area contributed by atoms with Crippen molar-refractivity contribution in [1.29, 1.82) is 0 Å². The highest BCUT2D eigenvalue weighted by Crippen LogP contribution is 2.42. The molecule has 0 atom stereocenters. The number of aryl methyl sites for hydroxylation is 1. The highest BCUT2D eigenvalue weighted by atomic mass is 19.1. The van der Waals surface area contributed by atoms with E-state index in [9.17, 15) is 9.90 Å². The van der Waals surface area contributed by atoms with Gasteiger partial charge in [0.05, 0.1) is 24.3 Å². The standard InChI is InChI=1S/C34H33FN4O4/c1-19-24-10-7-15-42-31(24)27(35)17-25(19)30-26(18-28(40)41)20(2)37-32-29(33(38-39(30)32)43-34(3,4)5)23-9-6-8-22(16-23)21-11-13-36-14-12-21/h6,8-9,11-14,16-17H,7,10,15,18H2,1-5H3,(H,40,41). The van der Waals surface area contributed by atoms with Crippen LogP contribution in [0.2, 0.25) is 0 Å². The lowest BCUT2D eigenvalue weighted by Crippen LogP contribution is -2.23. The molecule has 0 spiro atoms. The SMILES string of the molecule is Cc1nc2c(-c3cccc(-c4ccncc4)c3)c(OC(C)(C)C)nn2c(-c2cc(F)c3c(c2C)CCCO3)c1CC(=O)O.